The minimum atomic E-state index is -0.424. The molecule has 0 spiro atoms. The molecule has 3 aromatic carbocycles. The summed E-state index contributed by atoms with van der Waals surface area (Å²) in [5, 5.41) is 0. The normalized spacial score (nSPS) is 18.6. The molecule has 1 fully saturated rings. The molecule has 1 aliphatic rings. The number of hydrogen-bond acceptors (Lipinski definition) is 3. The lowest BCUT2D eigenvalue weighted by molar-refractivity contribution is -0.889. The lowest BCUT2D eigenvalue weighted by Gasteiger charge is -2.23. The van der Waals surface area contributed by atoms with Crippen molar-refractivity contribution in [3.63, 3.8) is 0 Å². The SMILES string of the molecule is C[NH+]1CCN(C(=O)c2ccccc2)C1/C=C(\OC(=O)c1ccccc1)c1ccccc1. The van der Waals surface area contributed by atoms with Gasteiger partial charge in [-0.3, -0.25) is 9.69 Å². The monoisotopic (exact) mass is 413 g/mol. The second kappa shape index (κ2) is 9.41. The van der Waals surface area contributed by atoms with Crippen LogP contribution in [0.15, 0.2) is 97.1 Å². The largest absolute Gasteiger partial charge is 0.422 e. The Bertz CT molecular complexity index is 1070. The Morgan fingerprint density at radius 1 is 0.839 bits per heavy atom. The number of rotatable bonds is 5. The van der Waals surface area contributed by atoms with Crippen LogP contribution in [0.25, 0.3) is 5.76 Å². The lowest BCUT2D eigenvalue weighted by Crippen LogP contribution is -3.11. The van der Waals surface area contributed by atoms with Crippen LogP contribution in [-0.2, 0) is 4.74 Å². The van der Waals surface area contributed by atoms with Crippen molar-refractivity contribution in [3.05, 3.63) is 114 Å². The second-order valence-electron chi connectivity index (χ2n) is 7.56. The third-order valence-corrected chi connectivity index (χ3v) is 5.45. The molecule has 1 heterocycles. The zero-order valence-electron chi connectivity index (χ0n) is 17.4. The number of esters is 1. The summed E-state index contributed by atoms with van der Waals surface area (Å²) < 4.78 is 5.84. The minimum Gasteiger partial charge on any atom is -0.422 e. The summed E-state index contributed by atoms with van der Waals surface area (Å²) in [5.74, 6) is -0.000601. The highest BCUT2D eigenvalue weighted by atomic mass is 16.5. The van der Waals surface area contributed by atoms with Crippen LogP contribution in [0.5, 0.6) is 0 Å². The number of carbonyl (C=O) groups is 2. The molecule has 5 heteroatoms. The first-order chi connectivity index (χ1) is 15.1. The first-order valence-electron chi connectivity index (χ1n) is 10.4. The first kappa shape index (κ1) is 20.6. The van der Waals surface area contributed by atoms with Crippen LogP contribution in [-0.4, -0.2) is 43.1 Å². The van der Waals surface area contributed by atoms with Gasteiger partial charge >= 0.3 is 5.97 Å². The molecule has 0 saturated carbocycles. The van der Waals surface area contributed by atoms with Crippen molar-refractivity contribution in [1.29, 1.82) is 0 Å². The molecular weight excluding hydrogens is 388 g/mol. The standard InChI is InChI=1S/C26H24N2O3/c1-27-17-18-28(25(29)21-13-7-3-8-14-21)24(27)19-23(20-11-5-2-6-12-20)31-26(30)22-15-9-4-10-16-22/h2-16,19,24H,17-18H2,1H3/p+1/b23-19-. The highest BCUT2D eigenvalue weighted by Crippen LogP contribution is 2.20. The number of ether oxygens (including phenoxy) is 1. The fraction of sp³-hybridized carbons (Fsp3) is 0.154. The Morgan fingerprint density at radius 2 is 1.35 bits per heavy atom. The van der Waals surface area contributed by atoms with E-state index in [1.807, 2.05) is 84.8 Å². The molecule has 31 heavy (non-hydrogen) atoms. The van der Waals surface area contributed by atoms with Gasteiger partial charge in [0.2, 0.25) is 0 Å². The minimum absolute atomic E-state index is 0.0273. The molecule has 1 saturated heterocycles. The van der Waals surface area contributed by atoms with Crippen molar-refractivity contribution < 1.29 is 19.2 Å². The maximum absolute atomic E-state index is 13.1. The summed E-state index contributed by atoms with van der Waals surface area (Å²) in [6, 6.07) is 27.7. The van der Waals surface area contributed by atoms with E-state index in [0.29, 0.717) is 23.4 Å². The Labute approximate surface area is 182 Å². The van der Waals surface area contributed by atoms with Crippen molar-refractivity contribution >= 4 is 17.6 Å². The van der Waals surface area contributed by atoms with Crippen molar-refractivity contribution in [2.24, 2.45) is 0 Å². The molecule has 156 valence electrons. The van der Waals surface area contributed by atoms with E-state index in [-0.39, 0.29) is 12.1 Å². The van der Waals surface area contributed by atoms with Gasteiger partial charge in [-0.05, 0) is 24.3 Å². The summed E-state index contributed by atoms with van der Waals surface area (Å²) in [5.41, 5.74) is 1.92. The Hall–Kier alpha value is -3.70. The van der Waals surface area contributed by atoms with Gasteiger partial charge in [0, 0.05) is 17.2 Å². The number of benzene rings is 3. The lowest BCUT2D eigenvalue weighted by atomic mass is 10.1. The quantitative estimate of drug-likeness (QED) is 0.517. The fourth-order valence-corrected chi connectivity index (χ4v) is 3.72. The zero-order chi connectivity index (χ0) is 21.6. The molecule has 1 N–H and O–H groups in total. The summed E-state index contributed by atoms with van der Waals surface area (Å²) in [6.45, 7) is 1.45. The molecule has 0 aliphatic carbocycles. The smallest absolute Gasteiger partial charge is 0.343 e. The van der Waals surface area contributed by atoms with Gasteiger partial charge in [0.25, 0.3) is 5.91 Å². The van der Waals surface area contributed by atoms with Crippen LogP contribution in [0.4, 0.5) is 0 Å². The van der Waals surface area contributed by atoms with Gasteiger partial charge in [-0.15, -0.1) is 0 Å². The first-order valence-corrected chi connectivity index (χ1v) is 10.4. The van der Waals surface area contributed by atoms with Gasteiger partial charge in [-0.25, -0.2) is 4.79 Å². The van der Waals surface area contributed by atoms with Crippen LogP contribution in [0, 0.1) is 0 Å². The van der Waals surface area contributed by atoms with Gasteiger partial charge in [0.05, 0.1) is 25.7 Å². The average Bonchev–Trinajstić information content (AvgIpc) is 3.19. The average molecular weight is 413 g/mol. The van der Waals surface area contributed by atoms with Crippen LogP contribution >= 0.6 is 0 Å². The molecule has 0 bridgehead atoms. The third kappa shape index (κ3) is 4.73. The number of likely N-dealkylation sites (N-methyl/N-ethyl adjacent to an activating group) is 1. The third-order valence-electron chi connectivity index (χ3n) is 5.45. The van der Waals surface area contributed by atoms with Crippen molar-refractivity contribution in [2.75, 3.05) is 20.1 Å². The number of nitrogens with one attached hydrogen (secondary N) is 1. The highest BCUT2D eigenvalue weighted by Gasteiger charge is 2.36. The molecular formula is C26H25N2O3+. The van der Waals surface area contributed by atoms with Crippen molar-refractivity contribution in [3.8, 4) is 0 Å². The van der Waals surface area contributed by atoms with E-state index in [1.54, 1.807) is 24.3 Å². The molecule has 4 rings (SSSR count). The van der Waals surface area contributed by atoms with E-state index in [4.69, 9.17) is 4.74 Å². The number of carbonyl (C=O) groups excluding carboxylic acids is 2. The molecule has 2 unspecified atom stereocenters. The van der Waals surface area contributed by atoms with Gasteiger partial charge in [-0.2, -0.15) is 0 Å². The van der Waals surface area contributed by atoms with Crippen molar-refractivity contribution in [2.45, 2.75) is 6.17 Å². The molecule has 5 nitrogen and oxygen atoms in total. The van der Waals surface area contributed by atoms with E-state index >= 15 is 0 Å². The highest BCUT2D eigenvalue weighted by molar-refractivity contribution is 5.95. The maximum atomic E-state index is 13.1. The van der Waals surface area contributed by atoms with E-state index in [1.165, 1.54) is 0 Å². The summed E-state index contributed by atoms with van der Waals surface area (Å²) in [7, 11) is 2.04. The molecule has 0 radical (unpaired) electrons. The van der Waals surface area contributed by atoms with Crippen molar-refractivity contribution in [1.82, 2.24) is 4.90 Å². The van der Waals surface area contributed by atoms with Gasteiger partial charge in [0.1, 0.15) is 5.76 Å². The summed E-state index contributed by atoms with van der Waals surface area (Å²) in [6.07, 6.45) is 1.64. The summed E-state index contributed by atoms with van der Waals surface area (Å²) >= 11 is 0. The number of quaternary nitrogens is 1. The molecule has 1 amide bonds. The maximum Gasteiger partial charge on any atom is 0.343 e. The van der Waals surface area contributed by atoms with Crippen LogP contribution in [0.3, 0.4) is 0 Å². The Balaban J connectivity index is 1.67. The molecule has 1 aliphatic heterocycles. The fourth-order valence-electron chi connectivity index (χ4n) is 3.72. The second-order valence-corrected chi connectivity index (χ2v) is 7.56. The van der Waals surface area contributed by atoms with Crippen LogP contribution < -0.4 is 4.90 Å². The zero-order valence-corrected chi connectivity index (χ0v) is 17.4. The van der Waals surface area contributed by atoms with Gasteiger partial charge < -0.3 is 9.64 Å². The topological polar surface area (TPSA) is 51.1 Å². The van der Waals surface area contributed by atoms with E-state index in [2.05, 4.69) is 0 Å². The Morgan fingerprint density at radius 3 is 1.94 bits per heavy atom. The van der Waals surface area contributed by atoms with Crippen LogP contribution in [0.2, 0.25) is 0 Å². The predicted molar refractivity (Wildman–Crippen MR) is 119 cm³/mol. The molecule has 0 aromatic heterocycles. The predicted octanol–water partition coefficient (Wildman–Crippen LogP) is 2.88. The van der Waals surface area contributed by atoms with Gasteiger partial charge in [0.15, 0.2) is 6.17 Å². The van der Waals surface area contributed by atoms with Gasteiger partial charge in [-0.1, -0.05) is 66.7 Å². The van der Waals surface area contributed by atoms with E-state index < -0.39 is 5.97 Å². The molecule has 2 atom stereocenters. The number of amides is 1. The molecule has 3 aromatic rings. The number of nitrogens with zero attached hydrogens (tertiary/aromatic N) is 1. The van der Waals surface area contributed by atoms with Crippen LogP contribution in [0.1, 0.15) is 26.3 Å². The van der Waals surface area contributed by atoms with E-state index in [0.717, 1.165) is 17.0 Å². The summed E-state index contributed by atoms with van der Waals surface area (Å²) in [4.78, 5) is 28.9. The van der Waals surface area contributed by atoms with E-state index in [9.17, 15) is 9.59 Å². The number of hydrogen-bond donors (Lipinski definition) is 1. The Kier molecular flexibility index (Phi) is 6.24.